The molecule has 0 heterocycles. The van der Waals surface area contributed by atoms with E-state index in [2.05, 4.69) is 23.5 Å². The summed E-state index contributed by atoms with van der Waals surface area (Å²) in [5, 5.41) is 3.84. The number of nitrogens with zero attached hydrogens (tertiary/aromatic N) is 1. The molecule has 0 aromatic heterocycles. The molecule has 3 aromatic carbocycles. The van der Waals surface area contributed by atoms with E-state index in [0.29, 0.717) is 22.2 Å². The Bertz CT molecular complexity index is 1310. The first kappa shape index (κ1) is 25.5. The van der Waals surface area contributed by atoms with Gasteiger partial charge in [-0.2, -0.15) is 0 Å². The molecule has 0 saturated heterocycles. The summed E-state index contributed by atoms with van der Waals surface area (Å²) in [5.74, 6) is -0.396. The van der Waals surface area contributed by atoms with Crippen molar-refractivity contribution < 1.29 is 13.2 Å². The monoisotopic (exact) mass is 530 g/mol. The Morgan fingerprint density at radius 2 is 1.66 bits per heavy atom. The molecular formula is C27H28Cl2N2O3S. The number of carbonyl (C=O) groups excluding carboxylic acids is 1. The summed E-state index contributed by atoms with van der Waals surface area (Å²) >= 11 is 12.1. The molecule has 1 amide bonds. The normalized spacial score (nSPS) is 14.1. The van der Waals surface area contributed by atoms with E-state index in [0.717, 1.165) is 22.7 Å². The highest BCUT2D eigenvalue weighted by Crippen LogP contribution is 2.28. The lowest BCUT2D eigenvalue weighted by Gasteiger charge is -2.26. The lowest BCUT2D eigenvalue weighted by atomic mass is 9.89. The highest BCUT2D eigenvalue weighted by atomic mass is 35.5. The van der Waals surface area contributed by atoms with Crippen LogP contribution in [0.15, 0.2) is 71.6 Å². The van der Waals surface area contributed by atoms with E-state index < -0.39 is 15.9 Å². The molecule has 4 rings (SSSR count). The first-order valence-electron chi connectivity index (χ1n) is 11.7. The van der Waals surface area contributed by atoms with E-state index in [1.165, 1.54) is 54.3 Å². The molecule has 1 aliphatic rings. The summed E-state index contributed by atoms with van der Waals surface area (Å²) in [6, 6.07) is 18.5. The Morgan fingerprint density at radius 1 is 0.943 bits per heavy atom. The largest absolute Gasteiger partial charge is 0.348 e. The number of anilines is 1. The average Bonchev–Trinajstić information content (AvgIpc) is 2.85. The van der Waals surface area contributed by atoms with Gasteiger partial charge in [0.05, 0.1) is 16.6 Å². The summed E-state index contributed by atoms with van der Waals surface area (Å²) in [5.41, 5.74) is 4.07. The third kappa shape index (κ3) is 6.00. The van der Waals surface area contributed by atoms with Gasteiger partial charge in [-0.15, -0.1) is 0 Å². The molecule has 5 nitrogen and oxygen atoms in total. The molecule has 8 heteroatoms. The lowest BCUT2D eigenvalue weighted by Crippen LogP contribution is -2.42. The van der Waals surface area contributed by atoms with Crippen LogP contribution < -0.4 is 9.62 Å². The molecule has 0 aliphatic heterocycles. The highest BCUT2D eigenvalue weighted by Gasteiger charge is 2.28. The van der Waals surface area contributed by atoms with Gasteiger partial charge in [-0.25, -0.2) is 8.42 Å². The predicted molar refractivity (Wildman–Crippen MR) is 142 cm³/mol. The second-order valence-corrected chi connectivity index (χ2v) is 11.4. The Labute approximate surface area is 217 Å². The minimum atomic E-state index is -4.05. The van der Waals surface area contributed by atoms with Gasteiger partial charge < -0.3 is 5.32 Å². The Hall–Kier alpha value is -2.54. The number of benzene rings is 3. The van der Waals surface area contributed by atoms with Crippen molar-refractivity contribution in [2.75, 3.05) is 10.8 Å². The Balaban J connectivity index is 1.60. The topological polar surface area (TPSA) is 66.5 Å². The third-order valence-electron chi connectivity index (χ3n) is 6.30. The molecule has 1 aliphatic carbocycles. The van der Waals surface area contributed by atoms with Crippen LogP contribution in [0, 0.1) is 0 Å². The number of nitrogens with one attached hydrogen (secondary N) is 1. The van der Waals surface area contributed by atoms with Gasteiger partial charge in [0.15, 0.2) is 0 Å². The van der Waals surface area contributed by atoms with Gasteiger partial charge in [0, 0.05) is 10.0 Å². The molecule has 0 fully saturated rings. The van der Waals surface area contributed by atoms with Gasteiger partial charge in [-0.05, 0) is 91.3 Å². The van der Waals surface area contributed by atoms with E-state index in [1.807, 2.05) is 6.92 Å². The zero-order valence-electron chi connectivity index (χ0n) is 19.5. The number of hydrogen-bond acceptors (Lipinski definition) is 3. The summed E-state index contributed by atoms with van der Waals surface area (Å²) in [6.45, 7) is 1.62. The van der Waals surface area contributed by atoms with Crippen LogP contribution in [0.2, 0.25) is 10.0 Å². The van der Waals surface area contributed by atoms with Gasteiger partial charge in [0.2, 0.25) is 5.91 Å². The van der Waals surface area contributed by atoms with Gasteiger partial charge in [0.25, 0.3) is 10.0 Å². The van der Waals surface area contributed by atoms with Crippen molar-refractivity contribution in [3.05, 3.63) is 93.5 Å². The predicted octanol–water partition coefficient (Wildman–Crippen LogP) is 6.34. The van der Waals surface area contributed by atoms with Crippen LogP contribution in [-0.4, -0.2) is 20.9 Å². The number of amides is 1. The zero-order valence-corrected chi connectivity index (χ0v) is 21.8. The van der Waals surface area contributed by atoms with Crippen LogP contribution in [0.25, 0.3) is 0 Å². The average molecular weight is 532 g/mol. The van der Waals surface area contributed by atoms with Gasteiger partial charge in [0.1, 0.15) is 6.54 Å². The number of aryl methyl sites for hydroxylation is 2. The van der Waals surface area contributed by atoms with Crippen molar-refractivity contribution in [2.45, 2.75) is 50.0 Å². The van der Waals surface area contributed by atoms with E-state index in [9.17, 15) is 13.2 Å². The van der Waals surface area contributed by atoms with Crippen molar-refractivity contribution in [1.82, 2.24) is 5.32 Å². The first-order valence-corrected chi connectivity index (χ1v) is 13.9. The third-order valence-corrected chi connectivity index (χ3v) is 8.58. The van der Waals surface area contributed by atoms with Crippen molar-refractivity contribution in [2.24, 2.45) is 0 Å². The number of fused-ring (bicyclic) bond motifs is 1. The van der Waals surface area contributed by atoms with Crippen molar-refractivity contribution in [3.63, 3.8) is 0 Å². The molecular weight excluding hydrogens is 503 g/mol. The minimum absolute atomic E-state index is 0.0383. The zero-order chi connectivity index (χ0) is 25.0. The fraction of sp³-hybridized carbons (Fsp3) is 0.296. The fourth-order valence-corrected chi connectivity index (χ4v) is 6.17. The fourth-order valence-electron chi connectivity index (χ4n) is 4.44. The molecule has 1 unspecified atom stereocenters. The van der Waals surface area contributed by atoms with E-state index in [4.69, 9.17) is 23.2 Å². The summed E-state index contributed by atoms with van der Waals surface area (Å²) < 4.78 is 28.2. The molecule has 0 radical (unpaired) electrons. The maximum absolute atomic E-state index is 13.5. The van der Waals surface area contributed by atoms with E-state index in [-0.39, 0.29) is 17.5 Å². The Kier molecular flexibility index (Phi) is 8.05. The van der Waals surface area contributed by atoms with Crippen molar-refractivity contribution in [3.8, 4) is 0 Å². The summed E-state index contributed by atoms with van der Waals surface area (Å²) in [4.78, 5) is 13.2. The van der Waals surface area contributed by atoms with Crippen molar-refractivity contribution >= 4 is 44.8 Å². The van der Waals surface area contributed by atoms with Gasteiger partial charge in [-0.1, -0.05) is 54.4 Å². The number of rotatable bonds is 8. The maximum atomic E-state index is 13.5. The van der Waals surface area contributed by atoms with Crippen LogP contribution >= 0.6 is 23.2 Å². The smallest absolute Gasteiger partial charge is 0.264 e. The SMILES string of the molecule is CCC(NC(=O)CN(c1cccc(Cl)c1)S(=O)(=O)c1ccc(Cl)cc1)c1ccc2c(c1)CCCC2. The molecule has 3 aromatic rings. The van der Waals surface area contributed by atoms with E-state index in [1.54, 1.807) is 18.2 Å². The van der Waals surface area contributed by atoms with Crippen molar-refractivity contribution in [1.29, 1.82) is 0 Å². The number of carbonyl (C=O) groups is 1. The first-order chi connectivity index (χ1) is 16.8. The van der Waals surface area contributed by atoms with Crippen LogP contribution in [0.1, 0.15) is 48.9 Å². The standard InChI is InChI=1S/C27H28Cl2N2O3S/c1-2-26(21-11-10-19-6-3-4-7-20(19)16-21)30-27(32)18-31(24-9-5-8-23(29)17-24)35(33,34)25-14-12-22(28)13-15-25/h5,8-17,26H,2-4,6-7,18H2,1H3,(H,30,32). The molecule has 0 saturated carbocycles. The maximum Gasteiger partial charge on any atom is 0.264 e. The number of halogens is 2. The van der Waals surface area contributed by atoms with Crippen LogP contribution in [0.3, 0.4) is 0 Å². The number of hydrogen-bond donors (Lipinski definition) is 1. The van der Waals surface area contributed by atoms with Gasteiger partial charge in [-0.3, -0.25) is 9.10 Å². The molecule has 0 bridgehead atoms. The molecule has 1 N–H and O–H groups in total. The second kappa shape index (κ2) is 11.0. The summed E-state index contributed by atoms with van der Waals surface area (Å²) in [6.07, 6.45) is 5.22. The quantitative estimate of drug-likeness (QED) is 0.369. The molecule has 1 atom stereocenters. The molecule has 0 spiro atoms. The number of sulfonamides is 1. The van der Waals surface area contributed by atoms with Crippen LogP contribution in [0.4, 0.5) is 5.69 Å². The second-order valence-electron chi connectivity index (χ2n) is 8.71. The Morgan fingerprint density at radius 3 is 2.34 bits per heavy atom. The summed E-state index contributed by atoms with van der Waals surface area (Å²) in [7, 11) is -4.05. The van der Waals surface area contributed by atoms with Gasteiger partial charge >= 0.3 is 0 Å². The minimum Gasteiger partial charge on any atom is -0.348 e. The molecule has 35 heavy (non-hydrogen) atoms. The van der Waals surface area contributed by atoms with Crippen LogP contribution in [-0.2, 0) is 27.7 Å². The van der Waals surface area contributed by atoms with Crippen LogP contribution in [0.5, 0.6) is 0 Å². The molecule has 184 valence electrons. The van der Waals surface area contributed by atoms with E-state index >= 15 is 0 Å². The lowest BCUT2D eigenvalue weighted by molar-refractivity contribution is -0.120. The highest BCUT2D eigenvalue weighted by molar-refractivity contribution is 7.92.